The molecular weight excluding hydrogens is 297 g/mol. The third-order valence-corrected chi connectivity index (χ3v) is 3.92. The lowest BCUT2D eigenvalue weighted by molar-refractivity contribution is -0.122. The summed E-state index contributed by atoms with van der Waals surface area (Å²) in [6.07, 6.45) is 3.06. The van der Waals surface area contributed by atoms with Crippen LogP contribution in [0.15, 0.2) is 18.2 Å². The molecule has 3 N–H and O–H groups in total. The van der Waals surface area contributed by atoms with E-state index in [0.29, 0.717) is 0 Å². The highest BCUT2D eigenvalue weighted by Crippen LogP contribution is 2.27. The number of rotatable bonds is 6. The standard InChI is InChI=1S/C15H19F3N2O2/c16-11-4-2-6-13(22-15(17)18)10(11)8-20-14(21)7-9-3-1-5-12(9)19/h2,4,6,9,12,15H,1,3,5,7-8,19H2,(H,20,21)/t9-,12+/m0/s1. The number of carbonyl (C=O) groups is 1. The first kappa shape index (κ1) is 16.6. The fraction of sp³-hybridized carbons (Fsp3) is 0.533. The summed E-state index contributed by atoms with van der Waals surface area (Å²) >= 11 is 0. The van der Waals surface area contributed by atoms with Gasteiger partial charge in [0.25, 0.3) is 0 Å². The van der Waals surface area contributed by atoms with E-state index in [2.05, 4.69) is 10.1 Å². The third-order valence-electron chi connectivity index (χ3n) is 3.92. The zero-order valence-corrected chi connectivity index (χ0v) is 12.0. The van der Waals surface area contributed by atoms with Crippen LogP contribution in [0.5, 0.6) is 5.75 Å². The van der Waals surface area contributed by atoms with Gasteiger partial charge in [0.15, 0.2) is 0 Å². The van der Waals surface area contributed by atoms with Crippen LogP contribution in [0.25, 0.3) is 0 Å². The van der Waals surface area contributed by atoms with Gasteiger partial charge in [-0.1, -0.05) is 12.5 Å². The van der Waals surface area contributed by atoms with Gasteiger partial charge in [-0.2, -0.15) is 8.78 Å². The van der Waals surface area contributed by atoms with Crippen molar-refractivity contribution in [2.24, 2.45) is 11.7 Å². The van der Waals surface area contributed by atoms with Crippen LogP contribution < -0.4 is 15.8 Å². The van der Waals surface area contributed by atoms with E-state index >= 15 is 0 Å². The first-order chi connectivity index (χ1) is 10.5. The first-order valence-electron chi connectivity index (χ1n) is 7.22. The van der Waals surface area contributed by atoms with Crippen molar-refractivity contribution >= 4 is 5.91 Å². The number of alkyl halides is 2. The fourth-order valence-corrected chi connectivity index (χ4v) is 2.73. The molecule has 0 saturated heterocycles. The lowest BCUT2D eigenvalue weighted by Gasteiger charge is -2.16. The minimum absolute atomic E-state index is 0.0111. The molecule has 1 saturated carbocycles. The van der Waals surface area contributed by atoms with Gasteiger partial charge in [-0.15, -0.1) is 0 Å². The van der Waals surface area contributed by atoms with Crippen LogP contribution >= 0.6 is 0 Å². The van der Waals surface area contributed by atoms with E-state index in [4.69, 9.17) is 5.73 Å². The van der Waals surface area contributed by atoms with Gasteiger partial charge in [0.2, 0.25) is 5.91 Å². The number of halogens is 3. The predicted octanol–water partition coefficient (Wildman–Crippen LogP) is 2.56. The Morgan fingerprint density at radius 2 is 2.18 bits per heavy atom. The van der Waals surface area contributed by atoms with Crippen molar-refractivity contribution in [1.29, 1.82) is 0 Å². The van der Waals surface area contributed by atoms with Crippen LogP contribution in [0.1, 0.15) is 31.2 Å². The number of benzene rings is 1. The summed E-state index contributed by atoms with van der Waals surface area (Å²) in [6.45, 7) is -3.25. The monoisotopic (exact) mass is 316 g/mol. The zero-order valence-electron chi connectivity index (χ0n) is 12.0. The molecule has 0 unspecified atom stereocenters. The number of amides is 1. The summed E-state index contributed by atoms with van der Waals surface area (Å²) in [4.78, 5) is 11.9. The molecule has 1 aliphatic rings. The Bertz CT molecular complexity index is 526. The van der Waals surface area contributed by atoms with Gasteiger partial charge in [-0.3, -0.25) is 4.79 Å². The second-order valence-electron chi connectivity index (χ2n) is 5.43. The summed E-state index contributed by atoms with van der Waals surface area (Å²) in [5, 5.41) is 2.54. The normalized spacial score (nSPS) is 21.1. The van der Waals surface area contributed by atoms with Crippen molar-refractivity contribution in [1.82, 2.24) is 5.32 Å². The highest BCUT2D eigenvalue weighted by atomic mass is 19.3. The largest absolute Gasteiger partial charge is 0.434 e. The number of ether oxygens (including phenoxy) is 1. The van der Waals surface area contributed by atoms with Crippen molar-refractivity contribution in [2.75, 3.05) is 0 Å². The van der Waals surface area contributed by atoms with Crippen molar-refractivity contribution in [3.63, 3.8) is 0 Å². The maximum atomic E-state index is 13.7. The van der Waals surface area contributed by atoms with Crippen molar-refractivity contribution < 1.29 is 22.7 Å². The molecule has 0 spiro atoms. The molecule has 0 bridgehead atoms. The smallest absolute Gasteiger partial charge is 0.387 e. The molecule has 122 valence electrons. The molecule has 0 aliphatic heterocycles. The van der Waals surface area contributed by atoms with E-state index in [1.807, 2.05) is 0 Å². The molecule has 1 aromatic rings. The van der Waals surface area contributed by atoms with E-state index in [1.165, 1.54) is 12.1 Å². The van der Waals surface area contributed by atoms with Crippen LogP contribution in [0, 0.1) is 11.7 Å². The molecular formula is C15H19F3N2O2. The van der Waals surface area contributed by atoms with E-state index < -0.39 is 12.4 Å². The van der Waals surface area contributed by atoms with Crippen LogP contribution in [0.4, 0.5) is 13.2 Å². The van der Waals surface area contributed by atoms with Crippen molar-refractivity contribution in [3.8, 4) is 5.75 Å². The molecule has 0 aromatic heterocycles. The van der Waals surface area contributed by atoms with Gasteiger partial charge in [-0.05, 0) is 30.9 Å². The second kappa shape index (κ2) is 7.49. The Labute approximate surface area is 126 Å². The topological polar surface area (TPSA) is 64.4 Å². The first-order valence-corrected chi connectivity index (χ1v) is 7.22. The molecule has 2 atom stereocenters. The van der Waals surface area contributed by atoms with Gasteiger partial charge in [0.1, 0.15) is 11.6 Å². The van der Waals surface area contributed by atoms with E-state index in [1.54, 1.807) is 0 Å². The molecule has 4 nitrogen and oxygen atoms in total. The second-order valence-corrected chi connectivity index (χ2v) is 5.43. The number of nitrogens with two attached hydrogens (primary N) is 1. The van der Waals surface area contributed by atoms with Crippen molar-refractivity contribution in [2.45, 2.75) is 44.9 Å². The molecule has 7 heteroatoms. The lowest BCUT2D eigenvalue weighted by atomic mass is 10.00. The molecule has 0 heterocycles. The van der Waals surface area contributed by atoms with Gasteiger partial charge < -0.3 is 15.8 Å². The van der Waals surface area contributed by atoms with Crippen LogP contribution in [-0.2, 0) is 11.3 Å². The summed E-state index contributed by atoms with van der Waals surface area (Å²) in [5.41, 5.74) is 5.80. The molecule has 22 heavy (non-hydrogen) atoms. The van der Waals surface area contributed by atoms with E-state index in [-0.39, 0.29) is 42.1 Å². The van der Waals surface area contributed by atoms with Crippen molar-refractivity contribution in [3.05, 3.63) is 29.6 Å². The maximum absolute atomic E-state index is 13.7. The number of hydrogen-bond donors (Lipinski definition) is 2. The molecule has 1 aromatic carbocycles. The van der Waals surface area contributed by atoms with Gasteiger partial charge in [-0.25, -0.2) is 4.39 Å². The average Bonchev–Trinajstić information content (AvgIpc) is 2.83. The third kappa shape index (κ3) is 4.37. The van der Waals surface area contributed by atoms with Gasteiger partial charge in [0, 0.05) is 24.6 Å². The Morgan fingerprint density at radius 3 is 2.82 bits per heavy atom. The molecule has 2 rings (SSSR count). The van der Waals surface area contributed by atoms with Gasteiger partial charge >= 0.3 is 6.61 Å². The minimum atomic E-state index is -3.05. The summed E-state index contributed by atoms with van der Waals surface area (Å²) in [5.74, 6) is -1.12. The zero-order chi connectivity index (χ0) is 16.1. The van der Waals surface area contributed by atoms with Crippen LogP contribution in [-0.4, -0.2) is 18.6 Å². The SMILES string of the molecule is N[C@@H]1CCC[C@H]1CC(=O)NCc1c(F)cccc1OC(F)F. The number of carbonyl (C=O) groups excluding carboxylic acids is 1. The molecule has 1 aliphatic carbocycles. The Hall–Kier alpha value is -1.76. The van der Waals surface area contributed by atoms with E-state index in [0.717, 1.165) is 25.3 Å². The van der Waals surface area contributed by atoms with Crippen LogP contribution in [0.2, 0.25) is 0 Å². The number of nitrogens with one attached hydrogen (secondary N) is 1. The minimum Gasteiger partial charge on any atom is -0.434 e. The summed E-state index contributed by atoms with van der Waals surface area (Å²) in [7, 11) is 0. The highest BCUT2D eigenvalue weighted by Gasteiger charge is 2.26. The maximum Gasteiger partial charge on any atom is 0.387 e. The molecule has 1 amide bonds. The summed E-state index contributed by atoms with van der Waals surface area (Å²) < 4.78 is 42.6. The predicted molar refractivity (Wildman–Crippen MR) is 74.8 cm³/mol. The Kier molecular flexibility index (Phi) is 5.65. The highest BCUT2D eigenvalue weighted by molar-refractivity contribution is 5.76. The van der Waals surface area contributed by atoms with Crippen LogP contribution in [0.3, 0.4) is 0 Å². The van der Waals surface area contributed by atoms with E-state index in [9.17, 15) is 18.0 Å². The molecule has 1 fully saturated rings. The Morgan fingerprint density at radius 1 is 1.41 bits per heavy atom. The quantitative estimate of drug-likeness (QED) is 0.848. The van der Waals surface area contributed by atoms with Gasteiger partial charge in [0.05, 0.1) is 0 Å². The average molecular weight is 316 g/mol. The lowest BCUT2D eigenvalue weighted by Crippen LogP contribution is -2.31. The summed E-state index contributed by atoms with van der Waals surface area (Å²) in [6, 6.07) is 3.66. The number of hydrogen-bond acceptors (Lipinski definition) is 3. The Balaban J connectivity index is 1.94. The molecule has 0 radical (unpaired) electrons. The fourth-order valence-electron chi connectivity index (χ4n) is 2.73.